The van der Waals surface area contributed by atoms with Gasteiger partial charge >= 0.3 is 0 Å². The zero-order valence-corrected chi connectivity index (χ0v) is 12.1. The maximum absolute atomic E-state index is 4.29. The molecule has 1 heterocycles. The van der Waals surface area contributed by atoms with Gasteiger partial charge in [0.05, 0.1) is 11.2 Å². The molecule has 1 N–H and O–H groups in total. The zero-order valence-electron chi connectivity index (χ0n) is 11.2. The third-order valence-electron chi connectivity index (χ3n) is 3.10. The maximum Gasteiger partial charge on any atom is 0.0794 e. The summed E-state index contributed by atoms with van der Waals surface area (Å²) in [6.45, 7) is 5.61. The number of nitrogens with one attached hydrogen (secondary N) is 1. The highest BCUT2D eigenvalue weighted by Gasteiger charge is 2.01. The summed E-state index contributed by atoms with van der Waals surface area (Å²) in [6, 6.07) is 0.648. The van der Waals surface area contributed by atoms with E-state index in [1.165, 1.54) is 44.2 Å². The third-order valence-corrected chi connectivity index (χ3v) is 3.73. The number of unbranched alkanes of at least 4 members (excludes halogenated alkanes) is 4. The Balaban J connectivity index is 1.92. The van der Waals surface area contributed by atoms with Crippen LogP contribution in [0.2, 0.25) is 0 Å². The Labute approximate surface area is 110 Å². The highest BCUT2D eigenvalue weighted by Crippen LogP contribution is 2.07. The van der Waals surface area contributed by atoms with Crippen molar-refractivity contribution in [3.05, 3.63) is 16.6 Å². The quantitative estimate of drug-likeness (QED) is 0.638. The van der Waals surface area contributed by atoms with Crippen molar-refractivity contribution in [2.45, 2.75) is 64.8 Å². The minimum absolute atomic E-state index is 0.648. The topological polar surface area (TPSA) is 24.9 Å². The second-order valence-corrected chi connectivity index (χ2v) is 5.51. The second-order valence-electron chi connectivity index (χ2n) is 4.79. The van der Waals surface area contributed by atoms with Gasteiger partial charge in [-0.3, -0.25) is 0 Å². The molecule has 0 aliphatic heterocycles. The Morgan fingerprint density at radius 2 is 2.12 bits per heavy atom. The molecule has 98 valence electrons. The Morgan fingerprint density at radius 1 is 1.29 bits per heavy atom. The predicted octanol–water partition coefficient (Wildman–Crippen LogP) is 4.02. The van der Waals surface area contributed by atoms with Gasteiger partial charge in [-0.05, 0) is 13.3 Å². The van der Waals surface area contributed by atoms with Crippen molar-refractivity contribution >= 4 is 11.3 Å². The lowest BCUT2D eigenvalue weighted by molar-refractivity contribution is 0.482. The summed E-state index contributed by atoms with van der Waals surface area (Å²) >= 11 is 1.68. The van der Waals surface area contributed by atoms with Gasteiger partial charge in [-0.15, -0.1) is 11.3 Å². The lowest BCUT2D eigenvalue weighted by Gasteiger charge is -2.12. The summed E-state index contributed by atoms with van der Waals surface area (Å²) in [4.78, 5) is 4.29. The summed E-state index contributed by atoms with van der Waals surface area (Å²) in [5, 5.41) is 5.71. The Kier molecular flexibility index (Phi) is 8.28. The molecular weight excluding hydrogens is 228 g/mol. The Bertz CT molecular complexity index is 259. The van der Waals surface area contributed by atoms with Crippen LogP contribution in [0.5, 0.6) is 0 Å². The van der Waals surface area contributed by atoms with E-state index in [1.54, 1.807) is 11.3 Å². The molecule has 1 aromatic heterocycles. The van der Waals surface area contributed by atoms with Crippen LogP contribution in [0, 0.1) is 0 Å². The second kappa shape index (κ2) is 9.60. The number of nitrogens with zero attached hydrogens (tertiary/aromatic N) is 1. The highest BCUT2D eigenvalue weighted by molar-refractivity contribution is 7.07. The SMILES string of the molecule is CCCCCCCC(C)NCCc1cscn1. The normalized spacial score (nSPS) is 12.8. The molecule has 0 spiro atoms. The molecule has 0 saturated heterocycles. The predicted molar refractivity (Wildman–Crippen MR) is 76.7 cm³/mol. The van der Waals surface area contributed by atoms with E-state index in [-0.39, 0.29) is 0 Å². The van der Waals surface area contributed by atoms with Crippen LogP contribution in [-0.2, 0) is 6.42 Å². The maximum atomic E-state index is 4.29. The third kappa shape index (κ3) is 7.50. The highest BCUT2D eigenvalue weighted by atomic mass is 32.1. The van der Waals surface area contributed by atoms with Crippen LogP contribution in [0.25, 0.3) is 0 Å². The van der Waals surface area contributed by atoms with E-state index in [1.807, 2.05) is 5.51 Å². The smallest absolute Gasteiger partial charge is 0.0794 e. The number of aromatic nitrogens is 1. The van der Waals surface area contributed by atoms with Gasteiger partial charge in [0.25, 0.3) is 0 Å². The summed E-state index contributed by atoms with van der Waals surface area (Å²) in [5.74, 6) is 0. The first-order valence-electron chi connectivity index (χ1n) is 6.93. The standard InChI is InChI=1S/C14H26N2S/c1-3-4-5-6-7-8-13(2)15-10-9-14-11-17-12-16-14/h11-13,15H,3-10H2,1-2H3. The van der Waals surface area contributed by atoms with Crippen molar-refractivity contribution in [3.8, 4) is 0 Å². The van der Waals surface area contributed by atoms with E-state index in [0.29, 0.717) is 6.04 Å². The van der Waals surface area contributed by atoms with Gasteiger partial charge in [-0.25, -0.2) is 4.98 Å². The van der Waals surface area contributed by atoms with Crippen LogP contribution < -0.4 is 5.32 Å². The molecule has 17 heavy (non-hydrogen) atoms. The average molecular weight is 254 g/mol. The minimum Gasteiger partial charge on any atom is -0.314 e. The molecule has 1 rings (SSSR count). The first-order chi connectivity index (χ1) is 8.33. The lowest BCUT2D eigenvalue weighted by atomic mass is 10.1. The van der Waals surface area contributed by atoms with Gasteiger partial charge in [-0.2, -0.15) is 0 Å². The van der Waals surface area contributed by atoms with Crippen molar-refractivity contribution in [1.29, 1.82) is 0 Å². The van der Waals surface area contributed by atoms with E-state index in [4.69, 9.17) is 0 Å². The van der Waals surface area contributed by atoms with Gasteiger partial charge < -0.3 is 5.32 Å². The van der Waals surface area contributed by atoms with Crippen molar-refractivity contribution in [1.82, 2.24) is 10.3 Å². The van der Waals surface area contributed by atoms with Gasteiger partial charge in [0.15, 0.2) is 0 Å². The molecule has 0 fully saturated rings. The van der Waals surface area contributed by atoms with Crippen molar-refractivity contribution in [2.75, 3.05) is 6.54 Å². The van der Waals surface area contributed by atoms with Crippen LogP contribution >= 0.6 is 11.3 Å². The van der Waals surface area contributed by atoms with Crippen LogP contribution in [0.4, 0.5) is 0 Å². The summed E-state index contributed by atoms with van der Waals surface area (Å²) in [7, 11) is 0. The van der Waals surface area contributed by atoms with Crippen molar-refractivity contribution in [2.24, 2.45) is 0 Å². The van der Waals surface area contributed by atoms with Crippen molar-refractivity contribution < 1.29 is 0 Å². The van der Waals surface area contributed by atoms with Crippen LogP contribution in [0.3, 0.4) is 0 Å². The number of hydrogen-bond acceptors (Lipinski definition) is 3. The molecule has 0 aliphatic rings. The molecule has 0 aliphatic carbocycles. The van der Waals surface area contributed by atoms with Gasteiger partial charge in [0.1, 0.15) is 0 Å². The number of hydrogen-bond donors (Lipinski definition) is 1. The molecule has 1 unspecified atom stereocenters. The Morgan fingerprint density at radius 3 is 2.82 bits per heavy atom. The number of thiazole rings is 1. The number of rotatable bonds is 10. The van der Waals surface area contributed by atoms with E-state index < -0.39 is 0 Å². The summed E-state index contributed by atoms with van der Waals surface area (Å²) in [5.41, 5.74) is 3.13. The molecule has 1 atom stereocenters. The molecule has 1 aromatic rings. The molecule has 0 bridgehead atoms. The average Bonchev–Trinajstić information content (AvgIpc) is 2.82. The van der Waals surface area contributed by atoms with Gasteiger partial charge in [-0.1, -0.05) is 39.0 Å². The molecule has 0 aromatic carbocycles. The molecule has 0 amide bonds. The van der Waals surface area contributed by atoms with Crippen LogP contribution in [-0.4, -0.2) is 17.6 Å². The molecule has 0 saturated carbocycles. The van der Waals surface area contributed by atoms with E-state index in [2.05, 4.69) is 29.5 Å². The molecule has 0 radical (unpaired) electrons. The van der Waals surface area contributed by atoms with Gasteiger partial charge in [0.2, 0.25) is 0 Å². The monoisotopic (exact) mass is 254 g/mol. The minimum atomic E-state index is 0.648. The van der Waals surface area contributed by atoms with E-state index in [0.717, 1.165) is 13.0 Å². The molecule has 2 nitrogen and oxygen atoms in total. The summed E-state index contributed by atoms with van der Waals surface area (Å²) < 4.78 is 0. The zero-order chi connectivity index (χ0) is 12.3. The van der Waals surface area contributed by atoms with E-state index >= 15 is 0 Å². The van der Waals surface area contributed by atoms with E-state index in [9.17, 15) is 0 Å². The largest absolute Gasteiger partial charge is 0.314 e. The van der Waals surface area contributed by atoms with Crippen molar-refractivity contribution in [3.63, 3.8) is 0 Å². The fraction of sp³-hybridized carbons (Fsp3) is 0.786. The summed E-state index contributed by atoms with van der Waals surface area (Å²) in [6.07, 6.45) is 9.26. The molecular formula is C14H26N2S. The first kappa shape index (κ1) is 14.7. The van der Waals surface area contributed by atoms with Crippen LogP contribution in [0.15, 0.2) is 10.9 Å². The van der Waals surface area contributed by atoms with Gasteiger partial charge in [0, 0.05) is 24.4 Å². The lowest BCUT2D eigenvalue weighted by Crippen LogP contribution is -2.28. The fourth-order valence-corrected chi connectivity index (χ4v) is 2.56. The van der Waals surface area contributed by atoms with Crippen LogP contribution in [0.1, 0.15) is 58.1 Å². The molecule has 3 heteroatoms. The Hall–Kier alpha value is -0.410. The first-order valence-corrected chi connectivity index (χ1v) is 7.87. The fourth-order valence-electron chi connectivity index (χ4n) is 1.96.